The summed E-state index contributed by atoms with van der Waals surface area (Å²) in [6, 6.07) is 8.04. The number of nitrogens with one attached hydrogen (secondary N) is 1. The number of piperidine rings is 1. The van der Waals surface area contributed by atoms with Crippen LogP contribution in [0.4, 0.5) is 0 Å². The van der Waals surface area contributed by atoms with Crippen LogP contribution in [-0.2, 0) is 5.54 Å². The average molecular weight is 375 g/mol. The van der Waals surface area contributed by atoms with Crippen molar-refractivity contribution in [3.8, 4) is 11.3 Å². The SMILES string of the molecule is CNC1CCN(C(=O)c2cn(C(C)(C)C)nc2-c2ccccc2Cl)CC1. The van der Waals surface area contributed by atoms with E-state index in [1.54, 1.807) is 0 Å². The molecule has 0 spiro atoms. The molecule has 140 valence electrons. The van der Waals surface area contributed by atoms with Gasteiger partial charge in [-0.15, -0.1) is 0 Å². The van der Waals surface area contributed by atoms with Gasteiger partial charge < -0.3 is 10.2 Å². The molecule has 0 aliphatic carbocycles. The van der Waals surface area contributed by atoms with E-state index >= 15 is 0 Å². The van der Waals surface area contributed by atoms with Gasteiger partial charge in [0.25, 0.3) is 5.91 Å². The predicted molar refractivity (Wildman–Crippen MR) is 106 cm³/mol. The third-order valence-corrected chi connectivity index (χ3v) is 5.28. The first-order chi connectivity index (χ1) is 12.3. The first kappa shape index (κ1) is 18.9. The molecule has 1 aromatic heterocycles. The van der Waals surface area contributed by atoms with Crippen LogP contribution in [0.1, 0.15) is 44.0 Å². The van der Waals surface area contributed by atoms with Crippen LogP contribution in [0.3, 0.4) is 0 Å². The second kappa shape index (κ2) is 7.41. The molecule has 0 unspecified atom stereocenters. The Morgan fingerprint density at radius 2 is 1.88 bits per heavy atom. The third-order valence-electron chi connectivity index (χ3n) is 4.95. The molecule has 0 saturated carbocycles. The van der Waals surface area contributed by atoms with Crippen LogP contribution in [0.5, 0.6) is 0 Å². The largest absolute Gasteiger partial charge is 0.338 e. The number of hydrogen-bond donors (Lipinski definition) is 1. The maximum atomic E-state index is 13.2. The molecule has 1 saturated heterocycles. The molecule has 1 N–H and O–H groups in total. The topological polar surface area (TPSA) is 50.2 Å². The zero-order valence-corrected chi connectivity index (χ0v) is 16.7. The Labute approximate surface area is 160 Å². The predicted octanol–water partition coefficient (Wildman–Crippen LogP) is 3.78. The highest BCUT2D eigenvalue weighted by molar-refractivity contribution is 6.33. The molecule has 1 fully saturated rings. The average Bonchev–Trinajstić information content (AvgIpc) is 3.07. The minimum Gasteiger partial charge on any atom is -0.338 e. The minimum absolute atomic E-state index is 0.0324. The number of amides is 1. The Kier molecular flexibility index (Phi) is 5.39. The van der Waals surface area contributed by atoms with Gasteiger partial charge in [0.2, 0.25) is 0 Å². The lowest BCUT2D eigenvalue weighted by molar-refractivity contribution is 0.0708. The Morgan fingerprint density at radius 3 is 2.46 bits per heavy atom. The van der Waals surface area contributed by atoms with Crippen molar-refractivity contribution in [1.29, 1.82) is 0 Å². The monoisotopic (exact) mass is 374 g/mol. The van der Waals surface area contributed by atoms with Gasteiger partial charge in [-0.1, -0.05) is 29.8 Å². The van der Waals surface area contributed by atoms with Crippen LogP contribution in [-0.4, -0.2) is 46.8 Å². The van der Waals surface area contributed by atoms with Gasteiger partial charge in [0.15, 0.2) is 0 Å². The molecule has 1 aromatic carbocycles. The van der Waals surface area contributed by atoms with E-state index in [0.29, 0.717) is 22.3 Å². The van der Waals surface area contributed by atoms with Crippen LogP contribution in [0.2, 0.25) is 5.02 Å². The van der Waals surface area contributed by atoms with Gasteiger partial charge >= 0.3 is 0 Å². The fourth-order valence-corrected chi connectivity index (χ4v) is 3.49. The van der Waals surface area contributed by atoms with E-state index in [0.717, 1.165) is 31.5 Å². The van der Waals surface area contributed by atoms with Crippen molar-refractivity contribution in [1.82, 2.24) is 20.0 Å². The molecule has 1 aliphatic rings. The molecule has 26 heavy (non-hydrogen) atoms. The first-order valence-electron chi connectivity index (χ1n) is 9.13. The summed E-state index contributed by atoms with van der Waals surface area (Å²) in [5.41, 5.74) is 1.86. The highest BCUT2D eigenvalue weighted by Gasteiger charge is 2.29. The minimum atomic E-state index is -0.215. The second-order valence-corrected chi connectivity index (χ2v) is 8.25. The van der Waals surface area contributed by atoms with Crippen LogP contribution in [0.15, 0.2) is 30.5 Å². The van der Waals surface area contributed by atoms with Crippen molar-refractivity contribution in [2.75, 3.05) is 20.1 Å². The summed E-state index contributed by atoms with van der Waals surface area (Å²) in [4.78, 5) is 15.2. The Bertz CT molecular complexity index is 785. The second-order valence-electron chi connectivity index (χ2n) is 7.84. The van der Waals surface area contributed by atoms with Crippen molar-refractivity contribution in [2.45, 2.75) is 45.2 Å². The highest BCUT2D eigenvalue weighted by atomic mass is 35.5. The quantitative estimate of drug-likeness (QED) is 0.889. The molecule has 0 atom stereocenters. The summed E-state index contributed by atoms with van der Waals surface area (Å²) in [6.45, 7) is 7.73. The van der Waals surface area contributed by atoms with Crippen molar-refractivity contribution < 1.29 is 4.79 Å². The number of carbonyl (C=O) groups excluding carboxylic acids is 1. The zero-order valence-electron chi connectivity index (χ0n) is 15.9. The highest BCUT2D eigenvalue weighted by Crippen LogP contribution is 2.31. The van der Waals surface area contributed by atoms with Crippen molar-refractivity contribution >= 4 is 17.5 Å². The van der Waals surface area contributed by atoms with E-state index in [4.69, 9.17) is 16.7 Å². The van der Waals surface area contributed by atoms with Crippen molar-refractivity contribution in [2.24, 2.45) is 0 Å². The van der Waals surface area contributed by atoms with Crippen LogP contribution < -0.4 is 5.32 Å². The lowest BCUT2D eigenvalue weighted by Gasteiger charge is -2.31. The van der Waals surface area contributed by atoms with Crippen LogP contribution >= 0.6 is 11.6 Å². The van der Waals surface area contributed by atoms with E-state index in [2.05, 4.69) is 26.1 Å². The van der Waals surface area contributed by atoms with Gasteiger partial charge in [-0.2, -0.15) is 5.10 Å². The summed E-state index contributed by atoms with van der Waals surface area (Å²) in [5.74, 6) is 0.0324. The van der Waals surface area contributed by atoms with Gasteiger partial charge in [-0.05, 0) is 46.7 Å². The van der Waals surface area contributed by atoms with Crippen LogP contribution in [0.25, 0.3) is 11.3 Å². The molecule has 3 rings (SSSR count). The van der Waals surface area contributed by atoms with Crippen molar-refractivity contribution in [3.63, 3.8) is 0 Å². The molecule has 6 heteroatoms. The van der Waals surface area contributed by atoms with E-state index in [9.17, 15) is 4.79 Å². The van der Waals surface area contributed by atoms with Gasteiger partial charge in [0.1, 0.15) is 5.69 Å². The lowest BCUT2D eigenvalue weighted by Crippen LogP contribution is -2.44. The number of hydrogen-bond acceptors (Lipinski definition) is 3. The molecular weight excluding hydrogens is 348 g/mol. The van der Waals surface area contributed by atoms with E-state index < -0.39 is 0 Å². The van der Waals surface area contributed by atoms with Gasteiger partial charge in [-0.3, -0.25) is 9.48 Å². The van der Waals surface area contributed by atoms with E-state index in [-0.39, 0.29) is 11.4 Å². The van der Waals surface area contributed by atoms with Gasteiger partial charge in [0, 0.05) is 30.9 Å². The molecule has 1 aliphatic heterocycles. The van der Waals surface area contributed by atoms with Crippen LogP contribution in [0, 0.1) is 0 Å². The van der Waals surface area contributed by atoms with Crippen molar-refractivity contribution in [3.05, 3.63) is 41.0 Å². The molecule has 5 nitrogen and oxygen atoms in total. The normalized spacial score (nSPS) is 16.1. The summed E-state index contributed by atoms with van der Waals surface area (Å²) >= 11 is 6.40. The maximum absolute atomic E-state index is 13.2. The maximum Gasteiger partial charge on any atom is 0.257 e. The fraction of sp³-hybridized carbons (Fsp3) is 0.500. The summed E-state index contributed by atoms with van der Waals surface area (Å²) in [6.07, 6.45) is 3.80. The number of nitrogens with zero attached hydrogens (tertiary/aromatic N) is 3. The Morgan fingerprint density at radius 1 is 1.23 bits per heavy atom. The first-order valence-corrected chi connectivity index (χ1v) is 9.50. The standard InChI is InChI=1S/C20H27ClN4O/c1-20(2,3)25-13-16(18(23-25)15-7-5-6-8-17(15)21)19(26)24-11-9-14(22-4)10-12-24/h5-8,13-14,22H,9-12H2,1-4H3. The molecule has 2 heterocycles. The number of aromatic nitrogens is 2. The molecule has 0 bridgehead atoms. The molecule has 0 radical (unpaired) electrons. The number of rotatable bonds is 3. The number of halogens is 1. The summed E-state index contributed by atoms with van der Waals surface area (Å²) < 4.78 is 1.86. The lowest BCUT2D eigenvalue weighted by atomic mass is 10.0. The number of carbonyl (C=O) groups is 1. The van der Waals surface area contributed by atoms with E-state index in [1.165, 1.54) is 0 Å². The Balaban J connectivity index is 1.99. The molecular formula is C20H27ClN4O. The number of likely N-dealkylation sites (tertiary alicyclic amines) is 1. The summed E-state index contributed by atoms with van der Waals surface area (Å²) in [5, 5.41) is 8.64. The molecule has 1 amide bonds. The Hall–Kier alpha value is -1.85. The third kappa shape index (κ3) is 3.79. The van der Waals surface area contributed by atoms with Gasteiger partial charge in [-0.25, -0.2) is 0 Å². The fourth-order valence-electron chi connectivity index (χ4n) is 3.27. The molecule has 2 aromatic rings. The zero-order chi connectivity index (χ0) is 18.9. The van der Waals surface area contributed by atoms with E-state index in [1.807, 2.05) is 47.1 Å². The summed E-state index contributed by atoms with van der Waals surface area (Å²) in [7, 11) is 1.98. The number of benzene rings is 1. The smallest absolute Gasteiger partial charge is 0.257 e. The van der Waals surface area contributed by atoms with Gasteiger partial charge in [0.05, 0.1) is 16.1 Å².